The normalized spacial score (nSPS) is 14.7. The molecule has 5 rings (SSSR count). The van der Waals surface area contributed by atoms with Crippen LogP contribution in [0.4, 0.5) is 0 Å². The van der Waals surface area contributed by atoms with Gasteiger partial charge >= 0.3 is 0 Å². The van der Waals surface area contributed by atoms with Gasteiger partial charge < -0.3 is 9.47 Å². The number of nitrogens with zero attached hydrogens (tertiary/aromatic N) is 2. The van der Waals surface area contributed by atoms with Crippen LogP contribution in [0.25, 0.3) is 16.9 Å². The number of ether oxygens (including phenoxy) is 2. The quantitative estimate of drug-likeness (QED) is 0.452. The molecule has 0 amide bonds. The van der Waals surface area contributed by atoms with Crippen LogP contribution in [-0.4, -0.2) is 16.9 Å². The zero-order valence-corrected chi connectivity index (χ0v) is 15.9. The molecule has 4 nitrogen and oxygen atoms in total. The van der Waals surface area contributed by atoms with Crippen molar-refractivity contribution in [1.82, 2.24) is 9.78 Å². The molecule has 0 radical (unpaired) electrons. The molecule has 28 heavy (non-hydrogen) atoms. The number of rotatable bonds is 3. The van der Waals surface area contributed by atoms with Crippen molar-refractivity contribution in [1.29, 1.82) is 0 Å². The Morgan fingerprint density at radius 2 is 1.71 bits per heavy atom. The van der Waals surface area contributed by atoms with Gasteiger partial charge in [0.05, 0.1) is 24.7 Å². The van der Waals surface area contributed by atoms with E-state index in [1.54, 1.807) is 7.11 Å². The van der Waals surface area contributed by atoms with E-state index < -0.39 is 0 Å². The fourth-order valence-corrected chi connectivity index (χ4v) is 3.71. The monoisotopic (exact) mass is 388 g/mol. The lowest BCUT2D eigenvalue weighted by Gasteiger charge is -2.27. The summed E-state index contributed by atoms with van der Waals surface area (Å²) in [6.45, 7) is 0. The van der Waals surface area contributed by atoms with Crippen molar-refractivity contribution in [2.45, 2.75) is 6.10 Å². The minimum Gasteiger partial charge on any atom is -0.497 e. The first kappa shape index (κ1) is 16.9. The predicted molar refractivity (Wildman–Crippen MR) is 109 cm³/mol. The van der Waals surface area contributed by atoms with E-state index in [0.29, 0.717) is 5.02 Å². The molecule has 0 spiro atoms. The first-order chi connectivity index (χ1) is 13.7. The third-order valence-electron chi connectivity index (χ3n) is 4.96. The third-order valence-corrected chi connectivity index (χ3v) is 5.21. The van der Waals surface area contributed by atoms with Crippen molar-refractivity contribution in [2.24, 2.45) is 0 Å². The van der Waals surface area contributed by atoms with E-state index in [1.165, 1.54) is 0 Å². The van der Waals surface area contributed by atoms with Crippen LogP contribution in [0.5, 0.6) is 11.5 Å². The minimum atomic E-state index is -0.242. The van der Waals surface area contributed by atoms with Crippen molar-refractivity contribution < 1.29 is 9.47 Å². The Hall–Kier alpha value is -3.24. The van der Waals surface area contributed by atoms with Crippen LogP contribution >= 0.6 is 11.6 Å². The number of hydrogen-bond donors (Lipinski definition) is 0. The van der Waals surface area contributed by atoms with Gasteiger partial charge in [0.1, 0.15) is 11.5 Å². The van der Waals surface area contributed by atoms with Gasteiger partial charge in [0.2, 0.25) is 0 Å². The zero-order valence-electron chi connectivity index (χ0n) is 15.2. The predicted octanol–water partition coefficient (Wildman–Crippen LogP) is 5.68. The van der Waals surface area contributed by atoms with Gasteiger partial charge in [-0.2, -0.15) is 5.10 Å². The summed E-state index contributed by atoms with van der Waals surface area (Å²) in [5.41, 5.74) is 5.09. The van der Waals surface area contributed by atoms with E-state index >= 15 is 0 Å². The largest absolute Gasteiger partial charge is 0.497 e. The number of hydrogen-bond acceptors (Lipinski definition) is 3. The van der Waals surface area contributed by atoms with Gasteiger partial charge in [-0.25, -0.2) is 4.68 Å². The van der Waals surface area contributed by atoms with E-state index in [2.05, 4.69) is 11.2 Å². The topological polar surface area (TPSA) is 36.3 Å². The maximum absolute atomic E-state index is 6.35. The summed E-state index contributed by atoms with van der Waals surface area (Å²) in [4.78, 5) is 0. The number of methoxy groups -OCH3 is 1. The molecule has 0 saturated heterocycles. The molecule has 3 aromatic carbocycles. The van der Waals surface area contributed by atoms with Crippen LogP contribution in [0, 0.1) is 0 Å². The Kier molecular flexibility index (Phi) is 4.06. The zero-order chi connectivity index (χ0) is 19.1. The first-order valence-corrected chi connectivity index (χ1v) is 9.36. The van der Waals surface area contributed by atoms with E-state index in [4.69, 9.17) is 21.1 Å². The smallest absolute Gasteiger partial charge is 0.153 e. The van der Waals surface area contributed by atoms with Gasteiger partial charge in [0.15, 0.2) is 6.10 Å². The van der Waals surface area contributed by atoms with Gasteiger partial charge in [-0.3, -0.25) is 0 Å². The van der Waals surface area contributed by atoms with E-state index in [1.807, 2.05) is 77.6 Å². The second kappa shape index (κ2) is 6.73. The summed E-state index contributed by atoms with van der Waals surface area (Å²) in [7, 11) is 1.66. The van der Waals surface area contributed by atoms with Crippen LogP contribution in [0.3, 0.4) is 0 Å². The summed E-state index contributed by atoms with van der Waals surface area (Å²) in [6, 6.07) is 23.7. The highest BCUT2D eigenvalue weighted by Crippen LogP contribution is 2.45. The molecule has 0 aliphatic carbocycles. The van der Waals surface area contributed by atoms with Gasteiger partial charge in [-0.05, 0) is 54.1 Å². The van der Waals surface area contributed by atoms with Crippen LogP contribution < -0.4 is 9.47 Å². The molecule has 1 aliphatic rings. The summed E-state index contributed by atoms with van der Waals surface area (Å²) in [5.74, 6) is 1.65. The van der Waals surface area contributed by atoms with E-state index in [0.717, 1.165) is 39.6 Å². The van der Waals surface area contributed by atoms with E-state index in [9.17, 15) is 0 Å². The lowest BCUT2D eigenvalue weighted by atomic mass is 9.95. The summed E-state index contributed by atoms with van der Waals surface area (Å²) in [6.07, 6.45) is 1.64. The highest BCUT2D eigenvalue weighted by molar-refractivity contribution is 6.30. The van der Waals surface area contributed by atoms with Crippen molar-refractivity contribution in [3.8, 4) is 28.4 Å². The molecule has 0 bridgehead atoms. The molecule has 2 heterocycles. The van der Waals surface area contributed by atoms with Crippen molar-refractivity contribution in [2.75, 3.05) is 7.11 Å². The molecule has 0 saturated carbocycles. The summed E-state index contributed by atoms with van der Waals surface area (Å²) in [5, 5.41) is 5.39. The lowest BCUT2D eigenvalue weighted by Crippen LogP contribution is -2.15. The summed E-state index contributed by atoms with van der Waals surface area (Å²) < 4.78 is 13.6. The first-order valence-electron chi connectivity index (χ1n) is 8.98. The Morgan fingerprint density at radius 3 is 2.46 bits per heavy atom. The van der Waals surface area contributed by atoms with E-state index in [-0.39, 0.29) is 6.10 Å². The number of aromatic nitrogens is 2. The van der Waals surface area contributed by atoms with Crippen LogP contribution in [-0.2, 0) is 0 Å². The van der Waals surface area contributed by atoms with Crippen molar-refractivity contribution in [3.05, 3.63) is 95.1 Å². The van der Waals surface area contributed by atoms with Crippen LogP contribution in [0.15, 0.2) is 79.0 Å². The maximum Gasteiger partial charge on any atom is 0.153 e. The number of halogens is 1. The van der Waals surface area contributed by atoms with Gasteiger partial charge in [0, 0.05) is 16.1 Å². The van der Waals surface area contributed by atoms with Crippen LogP contribution in [0.1, 0.15) is 17.2 Å². The van der Waals surface area contributed by atoms with Crippen molar-refractivity contribution in [3.63, 3.8) is 0 Å². The number of para-hydroxylation sites is 1. The van der Waals surface area contributed by atoms with Crippen molar-refractivity contribution >= 4 is 11.6 Å². The van der Waals surface area contributed by atoms with Gasteiger partial charge in [-0.15, -0.1) is 0 Å². The fraction of sp³-hybridized carbons (Fsp3) is 0.0870. The average molecular weight is 389 g/mol. The third kappa shape index (κ3) is 2.74. The second-order valence-corrected chi connectivity index (χ2v) is 7.04. The molecule has 4 aromatic rings. The SMILES string of the molecule is COc1ccc(-n2ncc3c2-c2ccccc2OC3c2ccc(Cl)cc2)cc1. The van der Waals surface area contributed by atoms with Crippen LogP contribution in [0.2, 0.25) is 5.02 Å². The molecule has 138 valence electrons. The molecular weight excluding hydrogens is 372 g/mol. The number of benzene rings is 3. The minimum absolute atomic E-state index is 0.242. The average Bonchev–Trinajstić information content (AvgIpc) is 3.19. The maximum atomic E-state index is 6.35. The fourth-order valence-electron chi connectivity index (χ4n) is 3.58. The highest BCUT2D eigenvalue weighted by Gasteiger charge is 2.31. The molecule has 1 atom stereocenters. The molecule has 1 aliphatic heterocycles. The second-order valence-electron chi connectivity index (χ2n) is 6.60. The lowest BCUT2D eigenvalue weighted by molar-refractivity contribution is 0.243. The van der Waals surface area contributed by atoms with Gasteiger partial charge in [-0.1, -0.05) is 35.9 Å². The standard InChI is InChI=1S/C23H17ClN2O2/c1-27-18-12-10-17(11-13-18)26-22-19-4-2-3-5-21(19)28-23(20(22)14-25-26)15-6-8-16(24)9-7-15/h2-14,23H,1H3. The molecule has 0 fully saturated rings. The molecular formula is C23H17ClN2O2. The molecule has 0 N–H and O–H groups in total. The Balaban J connectivity index is 1.69. The Labute approximate surface area is 167 Å². The number of fused-ring (bicyclic) bond motifs is 3. The molecule has 1 aromatic heterocycles. The molecule has 1 unspecified atom stereocenters. The highest BCUT2D eigenvalue weighted by atomic mass is 35.5. The molecule has 5 heteroatoms. The van der Waals surface area contributed by atoms with Gasteiger partial charge in [0.25, 0.3) is 0 Å². The Morgan fingerprint density at radius 1 is 0.964 bits per heavy atom. The summed E-state index contributed by atoms with van der Waals surface area (Å²) >= 11 is 6.07. The Bertz CT molecular complexity index is 1130.